The van der Waals surface area contributed by atoms with E-state index in [0.29, 0.717) is 0 Å². The summed E-state index contributed by atoms with van der Waals surface area (Å²) in [5.41, 5.74) is 0. The van der Waals surface area contributed by atoms with E-state index in [-0.39, 0.29) is 100 Å². The van der Waals surface area contributed by atoms with E-state index in [4.69, 9.17) is 0 Å². The molecule has 0 amide bonds. The zero-order valence-corrected chi connectivity index (χ0v) is 57.7. The van der Waals surface area contributed by atoms with Crippen LogP contribution in [0.2, 0.25) is 0 Å². The van der Waals surface area contributed by atoms with Crippen molar-refractivity contribution in [2.75, 3.05) is 79.3 Å². The van der Waals surface area contributed by atoms with Gasteiger partial charge in [-0.2, -0.15) is 0 Å². The van der Waals surface area contributed by atoms with Crippen LogP contribution in [0.5, 0.6) is 0 Å². The average Bonchev–Trinajstić information content (AvgIpc) is 3.35. The van der Waals surface area contributed by atoms with Crippen LogP contribution in [0.25, 0.3) is 0 Å². The van der Waals surface area contributed by atoms with E-state index >= 15 is 0 Å². The fourth-order valence-electron chi connectivity index (χ4n) is 4.07. The van der Waals surface area contributed by atoms with Crippen LogP contribution in [0.15, 0.2) is 0 Å². The molecule has 31 heteroatoms. The zero-order chi connectivity index (χ0) is 60.9. The van der Waals surface area contributed by atoms with Crippen molar-refractivity contribution in [3.8, 4) is 0 Å². The van der Waals surface area contributed by atoms with Gasteiger partial charge in [0, 0.05) is 21.1 Å². The normalized spacial score (nSPS) is 11.8. The number of hydrogen-bond donors (Lipinski definition) is 0. The summed E-state index contributed by atoms with van der Waals surface area (Å²) in [7, 11) is -24.0. The van der Waals surface area contributed by atoms with E-state index in [0.717, 1.165) is 154 Å². The molecule has 0 rings (SSSR count). The summed E-state index contributed by atoms with van der Waals surface area (Å²) < 4.78 is 121. The standard InChI is InChI=1S/6C8H19O4P.Mo/c6*1-3-5-7-11-13(9,10)12-8-6-4-2;/h6*3-8H2,1-2H3,(H,9,10);/p-6. The topological polar surface area (TPSA) is 352 Å². The number of unbranched alkanes of at least 4 members (excludes halogenated alkanes) is 12. The molecule has 0 atom stereocenters. The Morgan fingerprint density at radius 1 is 0.190 bits per heavy atom. The van der Waals surface area contributed by atoms with Crippen molar-refractivity contribution in [1.82, 2.24) is 0 Å². The average molecular weight is 1350 g/mol. The van der Waals surface area contributed by atoms with Crippen molar-refractivity contribution in [2.45, 2.75) is 237 Å². The number of hydrogen-bond acceptors (Lipinski definition) is 24. The molecule has 0 aromatic heterocycles. The molecular weight excluding hydrogens is 1240 g/mol. The molecule has 0 aromatic carbocycles. The second-order valence-electron chi connectivity index (χ2n) is 16.9. The van der Waals surface area contributed by atoms with Gasteiger partial charge in [0.05, 0.1) is 79.3 Å². The molecular formula is C48H108MoO24P6-6. The van der Waals surface area contributed by atoms with Gasteiger partial charge in [-0.25, -0.2) is 0 Å². The molecule has 0 saturated heterocycles. The van der Waals surface area contributed by atoms with Gasteiger partial charge in [-0.3, -0.25) is 27.4 Å². The maximum atomic E-state index is 11.0. The molecule has 0 N–H and O–H groups in total. The van der Waals surface area contributed by atoms with Crippen LogP contribution in [0.1, 0.15) is 237 Å². The Labute approximate surface area is 493 Å². The second-order valence-corrected chi connectivity index (χ2v) is 25.4. The molecule has 0 radical (unpaired) electrons. The fraction of sp³-hybridized carbons (Fsp3) is 1.00. The molecule has 0 bridgehead atoms. The maximum absolute atomic E-state index is 11.0. The molecule has 0 aromatic rings. The molecule has 0 fully saturated rings. The summed E-state index contributed by atoms with van der Waals surface area (Å²) in [4.78, 5) is 65.8. The third-order valence-electron chi connectivity index (χ3n) is 8.97. The smallest absolute Gasteiger partial charge is 0.267 e. The van der Waals surface area contributed by atoms with Crippen molar-refractivity contribution < 1.29 is 132 Å². The minimum Gasteiger partial charge on any atom is -0.756 e. The first-order valence-electron chi connectivity index (χ1n) is 28.3. The van der Waals surface area contributed by atoms with Gasteiger partial charge in [-0.15, -0.1) is 0 Å². The first-order chi connectivity index (χ1) is 36.7. The van der Waals surface area contributed by atoms with E-state index in [1.54, 1.807) is 0 Å². The van der Waals surface area contributed by atoms with E-state index in [1.165, 1.54) is 0 Å². The Hall–Kier alpha value is 1.35. The minimum atomic E-state index is -4.00. The Morgan fingerprint density at radius 3 is 0.304 bits per heavy atom. The molecule has 0 saturated carbocycles. The third kappa shape index (κ3) is 88.2. The first kappa shape index (κ1) is 94.0. The molecule has 0 aliphatic carbocycles. The van der Waals surface area contributed by atoms with Gasteiger partial charge >= 0.3 is 0 Å². The molecule has 0 aliphatic heterocycles. The molecule has 0 heterocycles. The Kier molecular flexibility index (Phi) is 79.6. The quantitative estimate of drug-likeness (QED) is 0.0310. The van der Waals surface area contributed by atoms with Gasteiger partial charge in [0.1, 0.15) is 0 Å². The van der Waals surface area contributed by atoms with Gasteiger partial charge in [0.25, 0.3) is 46.9 Å². The molecule has 79 heavy (non-hydrogen) atoms. The molecule has 0 spiro atoms. The van der Waals surface area contributed by atoms with Crippen LogP contribution in [0.4, 0.5) is 0 Å². The Morgan fingerprint density at radius 2 is 0.253 bits per heavy atom. The summed E-state index contributed by atoms with van der Waals surface area (Å²) in [6.45, 7) is 26.3. The molecule has 0 unspecified atom stereocenters. The number of phosphoric acid groups is 6. The van der Waals surface area contributed by atoms with Gasteiger partial charge in [-0.1, -0.05) is 160 Å². The van der Waals surface area contributed by atoms with Crippen molar-refractivity contribution >= 4 is 46.9 Å². The third-order valence-corrected chi connectivity index (χ3v) is 15.0. The predicted molar refractivity (Wildman–Crippen MR) is 296 cm³/mol. The summed E-state index contributed by atoms with van der Waals surface area (Å²) in [6, 6.07) is 0. The molecule has 0 aliphatic rings. The molecule has 24 nitrogen and oxygen atoms in total. The van der Waals surface area contributed by atoms with Crippen LogP contribution in [-0.4, -0.2) is 79.3 Å². The van der Waals surface area contributed by atoms with Crippen LogP contribution in [0.3, 0.4) is 0 Å². The number of phosphoric ester groups is 6. The van der Waals surface area contributed by atoms with Gasteiger partial charge < -0.3 is 83.6 Å². The fourth-order valence-corrected chi connectivity index (χ4v) is 8.75. The van der Waals surface area contributed by atoms with Crippen LogP contribution in [-0.2, 0) is 103 Å². The van der Waals surface area contributed by atoms with Crippen molar-refractivity contribution in [2.24, 2.45) is 0 Å². The van der Waals surface area contributed by atoms with Crippen molar-refractivity contribution in [3.63, 3.8) is 0 Å². The largest absolute Gasteiger partial charge is 0.756 e. The summed E-state index contributed by atoms with van der Waals surface area (Å²) in [6.07, 6.45) is 19.8. The van der Waals surface area contributed by atoms with Crippen LogP contribution in [0, 0.1) is 0 Å². The Balaban J connectivity index is -0.000000157. The van der Waals surface area contributed by atoms with E-state index in [9.17, 15) is 56.8 Å². The van der Waals surface area contributed by atoms with Crippen molar-refractivity contribution in [1.29, 1.82) is 0 Å². The molecule has 486 valence electrons. The van der Waals surface area contributed by atoms with E-state index < -0.39 is 46.9 Å². The second kappa shape index (κ2) is 66.9. The van der Waals surface area contributed by atoms with E-state index in [1.807, 2.05) is 83.1 Å². The van der Waals surface area contributed by atoms with Crippen molar-refractivity contribution in [3.05, 3.63) is 0 Å². The first-order valence-corrected chi connectivity index (χ1v) is 37.1. The van der Waals surface area contributed by atoms with Crippen LogP contribution < -0.4 is 29.4 Å². The SMILES string of the molecule is CCCCOP(=O)([O-])OCCCC.CCCCOP(=O)([O-])OCCCC.CCCCOP(=O)([O-])OCCCC.CCCCOP(=O)([O-])OCCCC.CCCCOP(=O)([O-])OCCCC.CCCCOP(=O)([O-])OCCCC.[Mo]. The Bertz CT molecular complexity index is 1160. The van der Waals surface area contributed by atoms with E-state index in [2.05, 4.69) is 54.3 Å². The maximum Gasteiger partial charge on any atom is 0.267 e. The number of rotatable bonds is 48. The monoisotopic (exact) mass is 1350 g/mol. The predicted octanol–water partition coefficient (Wildman–Crippen LogP) is 12.5. The summed E-state index contributed by atoms with van der Waals surface area (Å²) >= 11 is 0. The summed E-state index contributed by atoms with van der Waals surface area (Å²) in [5.74, 6) is 0. The minimum absolute atomic E-state index is 0. The van der Waals surface area contributed by atoms with Gasteiger partial charge in [-0.05, 0) is 77.0 Å². The zero-order valence-electron chi connectivity index (χ0n) is 50.3. The van der Waals surface area contributed by atoms with Gasteiger partial charge in [0.2, 0.25) is 0 Å². The summed E-state index contributed by atoms with van der Waals surface area (Å²) in [5, 5.41) is 0. The van der Waals surface area contributed by atoms with Crippen LogP contribution >= 0.6 is 46.9 Å². The van der Waals surface area contributed by atoms with Gasteiger partial charge in [0.15, 0.2) is 0 Å².